The molecular formula is C21H30O4. The number of aliphatic hydroxyl groups is 1. The molecule has 4 rings (SSSR count). The molecule has 4 aliphatic rings. The van der Waals surface area contributed by atoms with Crippen molar-refractivity contribution in [3.63, 3.8) is 0 Å². The number of fused-ring (bicyclic) bond motifs is 5. The first kappa shape index (κ1) is 17.3. The third-order valence-corrected chi connectivity index (χ3v) is 8.67. The number of carboxylic acids is 1. The molecule has 0 aromatic heterocycles. The van der Waals surface area contributed by atoms with E-state index >= 15 is 0 Å². The highest BCUT2D eigenvalue weighted by atomic mass is 16.4. The Morgan fingerprint density at radius 3 is 2.60 bits per heavy atom. The van der Waals surface area contributed by atoms with Crippen LogP contribution in [0.1, 0.15) is 65.2 Å². The van der Waals surface area contributed by atoms with Gasteiger partial charge in [-0.05, 0) is 79.6 Å². The molecule has 0 unspecified atom stereocenters. The van der Waals surface area contributed by atoms with Crippen molar-refractivity contribution in [3.05, 3.63) is 11.6 Å². The Kier molecular flexibility index (Phi) is 3.91. The van der Waals surface area contributed by atoms with E-state index in [0.717, 1.165) is 44.9 Å². The van der Waals surface area contributed by atoms with E-state index in [-0.39, 0.29) is 22.5 Å². The minimum absolute atomic E-state index is 0.0545. The zero-order valence-corrected chi connectivity index (χ0v) is 15.3. The molecule has 0 bridgehead atoms. The van der Waals surface area contributed by atoms with Crippen LogP contribution in [0.4, 0.5) is 0 Å². The molecule has 7 atom stereocenters. The van der Waals surface area contributed by atoms with E-state index in [1.165, 1.54) is 5.57 Å². The first-order valence-corrected chi connectivity index (χ1v) is 9.92. The molecule has 2 N–H and O–H groups in total. The number of rotatable bonds is 2. The van der Waals surface area contributed by atoms with Crippen molar-refractivity contribution >= 4 is 11.8 Å². The molecule has 0 aromatic carbocycles. The fourth-order valence-corrected chi connectivity index (χ4v) is 7.29. The van der Waals surface area contributed by atoms with Gasteiger partial charge in [0.15, 0.2) is 11.9 Å². The number of aliphatic carboxylic acids is 1. The predicted molar refractivity (Wildman–Crippen MR) is 93.8 cm³/mol. The first-order chi connectivity index (χ1) is 11.8. The van der Waals surface area contributed by atoms with E-state index in [9.17, 15) is 19.8 Å². The molecule has 0 spiro atoms. The third kappa shape index (κ3) is 2.36. The second-order valence-corrected chi connectivity index (χ2v) is 9.48. The Morgan fingerprint density at radius 1 is 1.12 bits per heavy atom. The molecule has 0 aliphatic heterocycles. The number of ketones is 1. The molecule has 0 aromatic rings. The number of carbonyl (C=O) groups is 2. The quantitative estimate of drug-likeness (QED) is 0.801. The largest absolute Gasteiger partial charge is 0.479 e. The van der Waals surface area contributed by atoms with Crippen molar-refractivity contribution in [3.8, 4) is 0 Å². The third-order valence-electron chi connectivity index (χ3n) is 8.67. The number of carboxylic acid groups (broad SMARTS) is 1. The fourth-order valence-electron chi connectivity index (χ4n) is 7.29. The monoisotopic (exact) mass is 346 g/mol. The molecule has 0 amide bonds. The Hall–Kier alpha value is -1.16. The second-order valence-electron chi connectivity index (χ2n) is 9.48. The highest BCUT2D eigenvalue weighted by molar-refractivity contribution is 5.91. The summed E-state index contributed by atoms with van der Waals surface area (Å²) in [5, 5.41) is 19.6. The van der Waals surface area contributed by atoms with Crippen LogP contribution in [-0.2, 0) is 9.59 Å². The molecule has 0 heterocycles. The molecule has 0 radical (unpaired) electrons. The Balaban J connectivity index is 1.63. The summed E-state index contributed by atoms with van der Waals surface area (Å²) >= 11 is 0. The second kappa shape index (κ2) is 5.67. The summed E-state index contributed by atoms with van der Waals surface area (Å²) in [4.78, 5) is 23.2. The van der Waals surface area contributed by atoms with E-state index in [4.69, 9.17) is 0 Å². The van der Waals surface area contributed by atoms with Crippen LogP contribution in [0.5, 0.6) is 0 Å². The van der Waals surface area contributed by atoms with Crippen LogP contribution < -0.4 is 0 Å². The van der Waals surface area contributed by atoms with Crippen LogP contribution in [0.15, 0.2) is 11.6 Å². The molecule has 3 saturated carbocycles. The normalized spacial score (nSPS) is 47.3. The van der Waals surface area contributed by atoms with Crippen molar-refractivity contribution in [2.45, 2.75) is 71.3 Å². The average Bonchev–Trinajstić information content (AvgIpc) is 2.92. The number of carbonyl (C=O) groups excluding carboxylic acids is 1. The van der Waals surface area contributed by atoms with Gasteiger partial charge in [0.1, 0.15) is 0 Å². The lowest BCUT2D eigenvalue weighted by Gasteiger charge is -2.58. The summed E-state index contributed by atoms with van der Waals surface area (Å²) < 4.78 is 0. The van der Waals surface area contributed by atoms with Crippen LogP contribution in [0.3, 0.4) is 0 Å². The highest BCUT2D eigenvalue weighted by Crippen LogP contribution is 2.66. The van der Waals surface area contributed by atoms with Gasteiger partial charge in [-0.15, -0.1) is 0 Å². The Morgan fingerprint density at radius 2 is 1.88 bits per heavy atom. The van der Waals surface area contributed by atoms with Gasteiger partial charge in [-0.2, -0.15) is 0 Å². The highest BCUT2D eigenvalue weighted by Gasteiger charge is 2.60. The molecule has 4 heteroatoms. The summed E-state index contributed by atoms with van der Waals surface area (Å²) in [6.45, 7) is 4.60. The van der Waals surface area contributed by atoms with Gasteiger partial charge in [0.2, 0.25) is 0 Å². The number of hydrogen-bond acceptors (Lipinski definition) is 3. The zero-order valence-electron chi connectivity index (χ0n) is 15.3. The van der Waals surface area contributed by atoms with Crippen LogP contribution in [-0.4, -0.2) is 28.1 Å². The van der Waals surface area contributed by atoms with Crippen LogP contribution in [0.25, 0.3) is 0 Å². The van der Waals surface area contributed by atoms with Gasteiger partial charge in [-0.25, -0.2) is 4.79 Å². The first-order valence-electron chi connectivity index (χ1n) is 9.92. The lowest BCUT2D eigenvalue weighted by molar-refractivity contribution is -0.155. The van der Waals surface area contributed by atoms with E-state index in [1.54, 1.807) is 0 Å². The van der Waals surface area contributed by atoms with E-state index < -0.39 is 12.1 Å². The van der Waals surface area contributed by atoms with Gasteiger partial charge in [-0.3, -0.25) is 4.79 Å². The maximum Gasteiger partial charge on any atom is 0.332 e. The van der Waals surface area contributed by atoms with Crippen molar-refractivity contribution < 1.29 is 19.8 Å². The maximum atomic E-state index is 11.9. The number of aliphatic hydroxyl groups excluding tert-OH is 1. The molecule has 4 aliphatic carbocycles. The summed E-state index contributed by atoms with van der Waals surface area (Å²) in [5.41, 5.74) is 1.47. The van der Waals surface area contributed by atoms with Gasteiger partial charge in [0.05, 0.1) is 0 Å². The topological polar surface area (TPSA) is 74.6 Å². The van der Waals surface area contributed by atoms with Crippen molar-refractivity contribution in [2.24, 2.45) is 34.5 Å². The van der Waals surface area contributed by atoms with Gasteiger partial charge >= 0.3 is 5.97 Å². The molecule has 0 saturated heterocycles. The number of hydrogen-bond donors (Lipinski definition) is 2. The number of allylic oxidation sites excluding steroid dienone is 1. The molecule has 3 fully saturated rings. The minimum atomic E-state index is -1.23. The van der Waals surface area contributed by atoms with Crippen molar-refractivity contribution in [1.29, 1.82) is 0 Å². The molecule has 4 nitrogen and oxygen atoms in total. The molecule has 138 valence electrons. The predicted octanol–water partition coefficient (Wildman–Crippen LogP) is 3.58. The lowest BCUT2D eigenvalue weighted by Crippen LogP contribution is -2.52. The maximum absolute atomic E-state index is 11.9. The smallest absolute Gasteiger partial charge is 0.332 e. The van der Waals surface area contributed by atoms with Crippen LogP contribution in [0.2, 0.25) is 0 Å². The van der Waals surface area contributed by atoms with Gasteiger partial charge in [0, 0.05) is 12.3 Å². The van der Waals surface area contributed by atoms with Crippen molar-refractivity contribution in [1.82, 2.24) is 0 Å². The molecular weight excluding hydrogens is 316 g/mol. The summed E-state index contributed by atoms with van der Waals surface area (Å²) in [6.07, 6.45) is 8.46. The van der Waals surface area contributed by atoms with Crippen LogP contribution >= 0.6 is 0 Å². The molecule has 25 heavy (non-hydrogen) atoms. The summed E-state index contributed by atoms with van der Waals surface area (Å²) in [7, 11) is 0. The SMILES string of the molecule is C[C@]12CC[C@H]3[C@@H](CCC4=CC(=O)CC[C@@]43C)[C@@H]1CC[C@@H]2[C@@H](O)C(=O)O. The van der Waals surface area contributed by atoms with Gasteiger partial charge in [0.25, 0.3) is 0 Å². The van der Waals surface area contributed by atoms with Gasteiger partial charge in [-0.1, -0.05) is 19.4 Å². The lowest BCUT2D eigenvalue weighted by atomic mass is 9.46. The fraction of sp³-hybridized carbons (Fsp3) is 0.810. The van der Waals surface area contributed by atoms with Gasteiger partial charge < -0.3 is 10.2 Å². The van der Waals surface area contributed by atoms with E-state index in [2.05, 4.69) is 13.8 Å². The summed E-state index contributed by atoms with van der Waals surface area (Å²) in [6, 6.07) is 0. The summed E-state index contributed by atoms with van der Waals surface area (Å²) in [5.74, 6) is 0.840. The average molecular weight is 346 g/mol. The standard InChI is InChI=1S/C21H30O4/c1-20-9-7-13(22)11-12(20)3-4-14-15-5-6-17(18(23)19(24)25)21(15,2)10-8-16(14)20/h11,14-18,23H,3-10H2,1-2H3,(H,24,25)/t14-,15-,16-,17+,18+,20-,21-/m0/s1. The van der Waals surface area contributed by atoms with E-state index in [1.807, 2.05) is 6.08 Å². The van der Waals surface area contributed by atoms with Crippen molar-refractivity contribution in [2.75, 3.05) is 0 Å². The van der Waals surface area contributed by atoms with E-state index in [0.29, 0.717) is 24.2 Å². The Labute approximate surface area is 149 Å². The Bertz CT molecular complexity index is 638. The zero-order chi connectivity index (χ0) is 18.0. The minimum Gasteiger partial charge on any atom is -0.479 e. The van der Waals surface area contributed by atoms with Crippen LogP contribution in [0, 0.1) is 34.5 Å².